The second kappa shape index (κ2) is 18.7. The minimum Gasteiger partial charge on any atom is -0.748 e. The van der Waals surface area contributed by atoms with Gasteiger partial charge in [0.2, 0.25) is 11.6 Å². The van der Waals surface area contributed by atoms with E-state index in [0.29, 0.717) is 61.4 Å². The van der Waals surface area contributed by atoms with Crippen molar-refractivity contribution in [2.45, 2.75) is 95.3 Å². The molecule has 1 amide bonds. The van der Waals surface area contributed by atoms with E-state index < -0.39 is 69.5 Å². The van der Waals surface area contributed by atoms with Crippen molar-refractivity contribution in [3.8, 4) is 0 Å². The summed E-state index contributed by atoms with van der Waals surface area (Å²) in [5, 5.41) is 12.9. The number of benzene rings is 2. The van der Waals surface area contributed by atoms with Gasteiger partial charge in [0.1, 0.15) is 16.7 Å². The number of hydrogen-bond donors (Lipinski definition) is 2. The molecule has 0 aromatic heterocycles. The summed E-state index contributed by atoms with van der Waals surface area (Å²) in [6.07, 6.45) is 10.5. The van der Waals surface area contributed by atoms with Crippen molar-refractivity contribution < 1.29 is 58.2 Å². The summed E-state index contributed by atoms with van der Waals surface area (Å²) < 4.78 is 108. The molecule has 0 saturated carbocycles. The van der Waals surface area contributed by atoms with Crippen LogP contribution in [-0.4, -0.2) is 115 Å². The van der Waals surface area contributed by atoms with E-state index in [0.717, 1.165) is 40.1 Å². The number of carboxylic acid groups (broad SMARTS) is 1. The lowest BCUT2D eigenvalue weighted by Gasteiger charge is -2.31. The molecule has 0 radical (unpaired) electrons. The van der Waals surface area contributed by atoms with Gasteiger partial charge in [-0.1, -0.05) is 43.7 Å². The van der Waals surface area contributed by atoms with Crippen LogP contribution in [0.1, 0.15) is 89.3 Å². The normalized spacial score (nSPS) is 20.4. The first-order valence-electron chi connectivity index (χ1n) is 21.4. The number of nitrogens with zero attached hydrogens (tertiary/aromatic N) is 3. The van der Waals surface area contributed by atoms with E-state index in [4.69, 9.17) is 0 Å². The first kappa shape index (κ1) is 48.8. The fourth-order valence-electron chi connectivity index (χ4n) is 9.38. The summed E-state index contributed by atoms with van der Waals surface area (Å²) >= 11 is 0. The number of likely N-dealkylation sites (tertiary alicyclic amines) is 1. The number of nitrogens with one attached hydrogen (secondary N) is 1. The number of fused-ring (bicyclic) bond motifs is 2. The molecule has 3 aliphatic heterocycles. The van der Waals surface area contributed by atoms with Gasteiger partial charge in [0.05, 0.1) is 43.0 Å². The zero-order valence-corrected chi connectivity index (χ0v) is 39.2. The Balaban J connectivity index is 1.43. The van der Waals surface area contributed by atoms with E-state index in [9.17, 15) is 53.6 Å². The first-order chi connectivity index (χ1) is 29.8. The molecular formula is C45H56N4O12S3-2. The fourth-order valence-corrected chi connectivity index (χ4v) is 10.8. The van der Waals surface area contributed by atoms with E-state index in [2.05, 4.69) is 30.1 Å². The Kier molecular flexibility index (Phi) is 14.2. The van der Waals surface area contributed by atoms with Crippen molar-refractivity contribution in [1.29, 1.82) is 0 Å². The minimum atomic E-state index is -4.81. The SMILES string of the molecule is Cc1ccc2c(c1)C(C)(C)/C(=C/C=C1\CCCC(/C=C/C3=[N+](CCCS(=O)(=O)[O-])c4ccc(S(=O)(=O)[O-])cc4C3(C)C)=C1NCC(=O)N1CCC(C(=O)O)CC1)N2CCCS(=O)(=O)[O-]. The number of rotatable bonds is 16. The predicted molar refractivity (Wildman–Crippen MR) is 238 cm³/mol. The summed E-state index contributed by atoms with van der Waals surface area (Å²) in [7, 11) is -13.8. The average molecular weight is 941 g/mol. The lowest BCUT2D eigenvalue weighted by Crippen LogP contribution is -2.44. The highest BCUT2D eigenvalue weighted by atomic mass is 32.2. The molecule has 2 N–H and O–H groups in total. The number of carbonyl (C=O) groups excluding carboxylic acids is 1. The molecule has 2 aromatic rings. The van der Waals surface area contributed by atoms with E-state index in [1.165, 1.54) is 18.2 Å². The van der Waals surface area contributed by atoms with E-state index in [1.54, 1.807) is 4.90 Å². The summed E-state index contributed by atoms with van der Waals surface area (Å²) in [6, 6.07) is 10.1. The van der Waals surface area contributed by atoms with Crippen LogP contribution in [0.15, 0.2) is 88.1 Å². The van der Waals surface area contributed by atoms with Crippen molar-refractivity contribution in [1.82, 2.24) is 10.2 Å². The van der Waals surface area contributed by atoms with Crippen molar-refractivity contribution in [3.05, 3.63) is 99.9 Å². The Morgan fingerprint density at radius 2 is 1.53 bits per heavy atom. The van der Waals surface area contributed by atoms with Gasteiger partial charge in [0.15, 0.2) is 5.71 Å². The molecule has 4 aliphatic rings. The third-order valence-corrected chi connectivity index (χ3v) is 15.2. The molecular weight excluding hydrogens is 885 g/mol. The van der Waals surface area contributed by atoms with E-state index in [1.807, 2.05) is 61.8 Å². The molecule has 19 heteroatoms. The maximum absolute atomic E-state index is 13.7. The molecule has 6 rings (SSSR count). The molecule has 3 heterocycles. The smallest absolute Gasteiger partial charge is 0.306 e. The van der Waals surface area contributed by atoms with Gasteiger partial charge in [-0.25, -0.2) is 25.3 Å². The van der Waals surface area contributed by atoms with Gasteiger partial charge in [0, 0.05) is 77.8 Å². The third-order valence-electron chi connectivity index (χ3n) is 12.8. The molecule has 64 heavy (non-hydrogen) atoms. The molecule has 0 spiro atoms. The molecule has 1 aliphatic carbocycles. The largest absolute Gasteiger partial charge is 0.748 e. The van der Waals surface area contributed by atoms with E-state index in [-0.39, 0.29) is 38.4 Å². The number of hydrogen-bond acceptors (Lipinski definition) is 13. The van der Waals surface area contributed by atoms with Crippen LogP contribution in [0, 0.1) is 12.8 Å². The number of carbonyl (C=O) groups is 2. The number of aryl methyl sites for hydroxylation is 1. The number of piperidine rings is 1. The van der Waals surface area contributed by atoms with Gasteiger partial charge in [-0.2, -0.15) is 4.58 Å². The lowest BCUT2D eigenvalue weighted by molar-refractivity contribution is -0.437. The predicted octanol–water partition coefficient (Wildman–Crippen LogP) is 4.66. The summed E-state index contributed by atoms with van der Waals surface area (Å²) in [5.41, 5.74) is 6.66. The maximum Gasteiger partial charge on any atom is 0.306 e. The molecule has 16 nitrogen and oxygen atoms in total. The Hall–Kier alpha value is -4.66. The van der Waals surface area contributed by atoms with E-state index >= 15 is 0 Å². The number of allylic oxidation sites excluding steroid dienone is 7. The maximum atomic E-state index is 13.7. The zero-order chi connectivity index (χ0) is 47.0. The monoisotopic (exact) mass is 940 g/mol. The molecule has 0 unspecified atom stereocenters. The zero-order valence-electron chi connectivity index (χ0n) is 36.8. The van der Waals surface area contributed by atoms with Gasteiger partial charge in [-0.05, 0) is 100 Å². The second-order valence-corrected chi connectivity index (χ2v) is 22.4. The lowest BCUT2D eigenvalue weighted by atomic mass is 9.81. The van der Waals surface area contributed by atoms with Crippen LogP contribution in [0.2, 0.25) is 0 Å². The number of anilines is 1. The van der Waals surface area contributed by atoms with Crippen LogP contribution in [-0.2, 0) is 50.8 Å². The van der Waals surface area contributed by atoms with Crippen LogP contribution in [0.3, 0.4) is 0 Å². The van der Waals surface area contributed by atoms with Crippen LogP contribution in [0.25, 0.3) is 0 Å². The highest BCUT2D eigenvalue weighted by molar-refractivity contribution is 7.86. The Morgan fingerprint density at radius 1 is 0.859 bits per heavy atom. The Morgan fingerprint density at radius 3 is 2.17 bits per heavy atom. The third kappa shape index (κ3) is 11.1. The van der Waals surface area contributed by atoms with Crippen LogP contribution < -0.4 is 10.2 Å². The van der Waals surface area contributed by atoms with Crippen molar-refractivity contribution in [2.24, 2.45) is 5.92 Å². The standard InChI is InChI=1S/C45H58N4O12S3/c1-30-11-15-37-35(27-30)44(2,3)39(48(37)21-7-25-62(53,54)55)17-12-31-9-6-10-32(42(31)46-29-41(50)47-23-19-33(20-24-47)43(51)52)13-18-40-45(4,5)36-28-34(64(59,60)61)14-16-38(36)49(40)22-8-26-63(56,57)58/h11-18,27-28,33H,6-10,19-26,29H2,1-5H3,(H4,51,52,53,54,55,56,57,58,59,60,61)/p-2/b31-12+,39-17-. The summed E-state index contributed by atoms with van der Waals surface area (Å²) in [5.74, 6) is -2.73. The quantitative estimate of drug-likeness (QED) is 0.172. The number of aliphatic carboxylic acids is 1. The van der Waals surface area contributed by atoms with Crippen LogP contribution in [0.5, 0.6) is 0 Å². The molecule has 1 fully saturated rings. The first-order valence-corrected chi connectivity index (χ1v) is 25.9. The highest BCUT2D eigenvalue weighted by Crippen LogP contribution is 2.48. The Labute approximate surface area is 376 Å². The Bertz CT molecular complexity index is 2710. The minimum absolute atomic E-state index is 0.0211. The van der Waals surface area contributed by atoms with Gasteiger partial charge in [-0.3, -0.25) is 9.59 Å². The van der Waals surface area contributed by atoms with Crippen molar-refractivity contribution in [2.75, 3.05) is 49.1 Å². The van der Waals surface area contributed by atoms with Gasteiger partial charge in [-0.15, -0.1) is 0 Å². The molecule has 0 bridgehead atoms. The van der Waals surface area contributed by atoms with Crippen molar-refractivity contribution in [3.63, 3.8) is 0 Å². The molecule has 2 aromatic carbocycles. The number of carboxylic acids is 1. The van der Waals surface area contributed by atoms with Crippen LogP contribution in [0.4, 0.5) is 11.4 Å². The summed E-state index contributed by atoms with van der Waals surface area (Å²) in [4.78, 5) is 28.6. The topological polar surface area (TPSA) is 247 Å². The fraction of sp³-hybridized carbons (Fsp3) is 0.489. The molecule has 1 saturated heterocycles. The van der Waals surface area contributed by atoms with Gasteiger partial charge < -0.3 is 33.9 Å². The molecule has 348 valence electrons. The van der Waals surface area contributed by atoms with Crippen LogP contribution >= 0.6 is 0 Å². The van der Waals surface area contributed by atoms with Gasteiger partial charge >= 0.3 is 5.97 Å². The van der Waals surface area contributed by atoms with Crippen molar-refractivity contribution >= 4 is 59.3 Å². The average Bonchev–Trinajstić information content (AvgIpc) is 3.54. The summed E-state index contributed by atoms with van der Waals surface area (Å²) in [6.45, 7) is 10.8. The molecule has 0 atom stereocenters. The number of amides is 1. The second-order valence-electron chi connectivity index (χ2n) is 18.0. The van der Waals surface area contributed by atoms with Gasteiger partial charge in [0.25, 0.3) is 0 Å². The highest BCUT2D eigenvalue weighted by Gasteiger charge is 2.45.